The number of alkyl halides is 3. The highest BCUT2D eigenvalue weighted by Gasteiger charge is 2.37. The first-order valence-corrected chi connectivity index (χ1v) is 5.10. The molecule has 0 saturated carbocycles. The molecule has 0 spiro atoms. The molecule has 1 aromatic carbocycles. The Morgan fingerprint density at radius 3 is 2.35 bits per heavy atom. The number of para-hydroxylation sites is 1. The van der Waals surface area contributed by atoms with Gasteiger partial charge in [-0.3, -0.25) is 4.90 Å². The van der Waals surface area contributed by atoms with E-state index in [1.807, 2.05) is 0 Å². The minimum atomic E-state index is -4.45. The average molecular weight is 244 g/mol. The van der Waals surface area contributed by atoms with Crippen LogP contribution in [0.15, 0.2) is 24.3 Å². The van der Waals surface area contributed by atoms with E-state index in [4.69, 9.17) is 0 Å². The van der Waals surface area contributed by atoms with Crippen LogP contribution in [0.2, 0.25) is 0 Å². The van der Waals surface area contributed by atoms with Crippen LogP contribution in [0, 0.1) is 0 Å². The number of urea groups is 1. The van der Waals surface area contributed by atoms with Crippen LogP contribution in [0.5, 0.6) is 0 Å². The zero-order valence-corrected chi connectivity index (χ0v) is 9.16. The van der Waals surface area contributed by atoms with Crippen molar-refractivity contribution in [1.29, 1.82) is 0 Å². The van der Waals surface area contributed by atoms with Crippen LogP contribution in [0.25, 0.3) is 0 Å². The van der Waals surface area contributed by atoms with E-state index in [0.717, 1.165) is 11.0 Å². The maximum absolute atomic E-state index is 12.8. The highest BCUT2D eigenvalue weighted by molar-refractivity contribution is 5.94. The molecule has 1 aromatic rings. The van der Waals surface area contributed by atoms with Gasteiger partial charge >= 0.3 is 12.2 Å². The van der Waals surface area contributed by atoms with Gasteiger partial charge in [0.2, 0.25) is 0 Å². The van der Waals surface area contributed by atoms with Gasteiger partial charge in [0.25, 0.3) is 0 Å². The fraction of sp³-hybridized carbons (Fsp3) is 0.364. The molecule has 1 saturated heterocycles. The van der Waals surface area contributed by atoms with Crippen molar-refractivity contribution in [3.8, 4) is 0 Å². The van der Waals surface area contributed by atoms with E-state index in [2.05, 4.69) is 0 Å². The maximum Gasteiger partial charge on any atom is 0.418 e. The molecule has 0 radical (unpaired) electrons. The molecular weight excluding hydrogens is 233 g/mol. The van der Waals surface area contributed by atoms with Crippen molar-refractivity contribution < 1.29 is 18.0 Å². The highest BCUT2D eigenvalue weighted by Crippen LogP contribution is 2.37. The summed E-state index contributed by atoms with van der Waals surface area (Å²) in [6, 6.07) is 4.72. The van der Waals surface area contributed by atoms with Gasteiger partial charge in [-0.15, -0.1) is 0 Å². The predicted octanol–water partition coefficient (Wildman–Crippen LogP) is 2.58. The third-order valence-corrected chi connectivity index (χ3v) is 2.72. The summed E-state index contributed by atoms with van der Waals surface area (Å²) in [5, 5.41) is 0. The highest BCUT2D eigenvalue weighted by atomic mass is 19.4. The zero-order chi connectivity index (χ0) is 12.6. The average Bonchev–Trinajstić information content (AvgIpc) is 2.59. The number of hydrogen-bond donors (Lipinski definition) is 0. The third-order valence-electron chi connectivity index (χ3n) is 2.72. The Morgan fingerprint density at radius 2 is 1.82 bits per heavy atom. The third kappa shape index (κ3) is 2.07. The molecule has 1 aliphatic rings. The van der Waals surface area contributed by atoms with Gasteiger partial charge in [-0.2, -0.15) is 13.2 Å². The van der Waals surface area contributed by atoms with Crippen molar-refractivity contribution >= 4 is 11.7 Å². The van der Waals surface area contributed by atoms with Crippen LogP contribution in [0.4, 0.5) is 23.7 Å². The number of rotatable bonds is 1. The molecule has 0 aromatic heterocycles. The van der Waals surface area contributed by atoms with E-state index in [0.29, 0.717) is 6.54 Å². The number of carbonyl (C=O) groups excluding carboxylic acids is 1. The van der Waals surface area contributed by atoms with Gasteiger partial charge in [-0.25, -0.2) is 4.79 Å². The van der Waals surface area contributed by atoms with Crippen molar-refractivity contribution in [3.05, 3.63) is 29.8 Å². The van der Waals surface area contributed by atoms with Crippen molar-refractivity contribution in [2.45, 2.75) is 6.18 Å². The number of hydrogen-bond acceptors (Lipinski definition) is 1. The Bertz CT molecular complexity index is 445. The molecule has 2 rings (SSSR count). The lowest BCUT2D eigenvalue weighted by Gasteiger charge is -2.20. The summed E-state index contributed by atoms with van der Waals surface area (Å²) in [7, 11) is 1.57. The minimum absolute atomic E-state index is 0.0747. The van der Waals surface area contributed by atoms with E-state index in [1.165, 1.54) is 23.1 Å². The first-order valence-electron chi connectivity index (χ1n) is 5.10. The van der Waals surface area contributed by atoms with E-state index < -0.39 is 17.8 Å². The van der Waals surface area contributed by atoms with E-state index in [1.54, 1.807) is 7.05 Å². The Kier molecular flexibility index (Phi) is 2.73. The number of carbonyl (C=O) groups is 1. The van der Waals surface area contributed by atoms with Gasteiger partial charge in [0.05, 0.1) is 11.3 Å². The zero-order valence-electron chi connectivity index (χ0n) is 9.16. The van der Waals surface area contributed by atoms with E-state index >= 15 is 0 Å². The largest absolute Gasteiger partial charge is 0.418 e. The van der Waals surface area contributed by atoms with Crippen molar-refractivity contribution in [1.82, 2.24) is 4.90 Å². The minimum Gasteiger partial charge on any atom is -0.326 e. The Morgan fingerprint density at radius 1 is 1.18 bits per heavy atom. The second-order valence-corrected chi connectivity index (χ2v) is 3.87. The molecule has 17 heavy (non-hydrogen) atoms. The lowest BCUT2D eigenvalue weighted by atomic mass is 10.1. The fourth-order valence-electron chi connectivity index (χ4n) is 1.82. The lowest BCUT2D eigenvalue weighted by Crippen LogP contribution is -2.30. The van der Waals surface area contributed by atoms with Gasteiger partial charge in [0.15, 0.2) is 0 Å². The summed E-state index contributed by atoms with van der Waals surface area (Å²) in [6.45, 7) is 0.716. The van der Waals surface area contributed by atoms with Gasteiger partial charge < -0.3 is 4.90 Å². The predicted molar refractivity (Wildman–Crippen MR) is 56.8 cm³/mol. The summed E-state index contributed by atoms with van der Waals surface area (Å²) < 4.78 is 38.3. The van der Waals surface area contributed by atoms with Crippen LogP contribution in [-0.2, 0) is 6.18 Å². The summed E-state index contributed by atoms with van der Waals surface area (Å²) >= 11 is 0. The summed E-state index contributed by atoms with van der Waals surface area (Å²) in [5.74, 6) is 0. The molecule has 0 unspecified atom stereocenters. The van der Waals surface area contributed by atoms with Crippen molar-refractivity contribution in [2.75, 3.05) is 25.0 Å². The molecule has 92 valence electrons. The molecule has 0 N–H and O–H groups in total. The molecule has 1 aliphatic heterocycles. The van der Waals surface area contributed by atoms with Gasteiger partial charge in [0, 0.05) is 20.1 Å². The fourth-order valence-corrected chi connectivity index (χ4v) is 1.82. The van der Waals surface area contributed by atoms with Crippen molar-refractivity contribution in [3.63, 3.8) is 0 Å². The lowest BCUT2D eigenvalue weighted by molar-refractivity contribution is -0.137. The summed E-state index contributed by atoms with van der Waals surface area (Å²) in [5.41, 5.74) is -0.849. The smallest absolute Gasteiger partial charge is 0.326 e. The maximum atomic E-state index is 12.8. The SMILES string of the molecule is CN1CCN(c2ccccc2C(F)(F)F)C1=O. The number of anilines is 1. The molecule has 0 aliphatic carbocycles. The molecule has 1 fully saturated rings. The van der Waals surface area contributed by atoms with Crippen LogP contribution >= 0.6 is 0 Å². The van der Waals surface area contributed by atoms with Crippen molar-refractivity contribution in [2.24, 2.45) is 0 Å². The molecule has 6 heteroatoms. The molecular formula is C11H11F3N2O. The Hall–Kier alpha value is -1.72. The Balaban J connectivity index is 2.43. The van der Waals surface area contributed by atoms with Crippen LogP contribution < -0.4 is 4.90 Å². The first-order chi connectivity index (χ1) is 7.91. The van der Waals surface area contributed by atoms with Crippen LogP contribution in [-0.4, -0.2) is 31.1 Å². The van der Waals surface area contributed by atoms with Crippen LogP contribution in [0.1, 0.15) is 5.56 Å². The number of likely N-dealkylation sites (N-methyl/N-ethyl adjacent to an activating group) is 1. The topological polar surface area (TPSA) is 23.6 Å². The summed E-state index contributed by atoms with van der Waals surface area (Å²) in [6.07, 6.45) is -4.45. The van der Waals surface area contributed by atoms with Gasteiger partial charge in [0.1, 0.15) is 0 Å². The van der Waals surface area contributed by atoms with Gasteiger partial charge in [-0.1, -0.05) is 12.1 Å². The normalized spacial score (nSPS) is 16.8. The van der Waals surface area contributed by atoms with E-state index in [-0.39, 0.29) is 12.2 Å². The van der Waals surface area contributed by atoms with E-state index in [9.17, 15) is 18.0 Å². The number of halogens is 3. The quantitative estimate of drug-likeness (QED) is 0.744. The monoisotopic (exact) mass is 244 g/mol. The second-order valence-electron chi connectivity index (χ2n) is 3.87. The number of nitrogens with zero attached hydrogens (tertiary/aromatic N) is 2. The molecule has 0 bridgehead atoms. The molecule has 2 amide bonds. The number of benzene rings is 1. The standard InChI is InChI=1S/C11H11F3N2O/c1-15-6-7-16(10(15)17)9-5-3-2-4-8(9)11(12,13)14/h2-5H,6-7H2,1H3. The summed E-state index contributed by atoms with van der Waals surface area (Å²) in [4.78, 5) is 14.2. The van der Waals surface area contributed by atoms with Gasteiger partial charge in [-0.05, 0) is 12.1 Å². The number of amides is 2. The first kappa shape index (κ1) is 11.8. The molecule has 1 heterocycles. The molecule has 0 atom stereocenters. The van der Waals surface area contributed by atoms with Crippen LogP contribution in [0.3, 0.4) is 0 Å². The Labute approximate surface area is 96.4 Å². The second kappa shape index (κ2) is 3.94. The molecule has 3 nitrogen and oxygen atoms in total.